The zero-order chi connectivity index (χ0) is 15.9. The van der Waals surface area contributed by atoms with Crippen LogP contribution in [0.25, 0.3) is 0 Å². The molecule has 0 spiro atoms. The van der Waals surface area contributed by atoms with Crippen molar-refractivity contribution in [3.05, 3.63) is 35.4 Å². The normalized spacial score (nSPS) is 24.0. The summed E-state index contributed by atoms with van der Waals surface area (Å²) in [5.41, 5.74) is 6.17. The van der Waals surface area contributed by atoms with Gasteiger partial charge in [-0.1, -0.05) is 11.8 Å². The average molecular weight is 340 g/mol. The van der Waals surface area contributed by atoms with Crippen LogP contribution in [-0.4, -0.2) is 49.9 Å². The molecular weight excluding hydrogens is 328 g/mol. The molecule has 22 heavy (non-hydrogen) atoms. The molecule has 2 aliphatic rings. The van der Waals surface area contributed by atoms with Gasteiger partial charge in [-0.3, -0.25) is 14.5 Å². The Morgan fingerprint density at radius 1 is 1.55 bits per heavy atom. The number of furan rings is 1. The van der Waals surface area contributed by atoms with Crippen molar-refractivity contribution in [1.82, 2.24) is 4.90 Å². The molecule has 1 saturated heterocycles. The van der Waals surface area contributed by atoms with Crippen molar-refractivity contribution in [2.45, 2.75) is 11.4 Å². The third-order valence-electron chi connectivity index (χ3n) is 3.39. The van der Waals surface area contributed by atoms with Gasteiger partial charge in [0, 0.05) is 11.5 Å². The number of hydrogen-bond donors (Lipinski definition) is 2. The fourth-order valence-corrected chi connectivity index (χ4v) is 4.53. The molecule has 0 saturated carbocycles. The molecular formula is C13H12N2O5S2. The first-order chi connectivity index (χ1) is 10.5. The maximum Gasteiger partial charge on any atom is 0.352 e. The predicted octanol–water partition coefficient (Wildman–Crippen LogP) is 0.734. The third-order valence-corrected chi connectivity index (χ3v) is 5.71. The number of aliphatic carboxylic acids is 1. The Balaban J connectivity index is 1.77. The number of β-lactam (4-membered cyclic amide) rings is 1. The Hall–Kier alpha value is -1.71. The summed E-state index contributed by atoms with van der Waals surface area (Å²) >= 11 is 2.37. The minimum atomic E-state index is -1.17. The first kappa shape index (κ1) is 15.2. The zero-order valence-corrected chi connectivity index (χ0v) is 12.9. The van der Waals surface area contributed by atoms with Gasteiger partial charge in [-0.05, 0) is 17.7 Å². The Morgan fingerprint density at radius 2 is 2.32 bits per heavy atom. The molecule has 3 N–H and O–H groups in total. The van der Waals surface area contributed by atoms with E-state index in [1.807, 2.05) is 0 Å². The van der Waals surface area contributed by atoms with Gasteiger partial charge in [0.25, 0.3) is 5.12 Å². The second kappa shape index (κ2) is 5.82. The van der Waals surface area contributed by atoms with Gasteiger partial charge in [-0.25, -0.2) is 4.79 Å². The average Bonchev–Trinajstić information content (AvgIpc) is 3.05. The van der Waals surface area contributed by atoms with Crippen molar-refractivity contribution < 1.29 is 23.9 Å². The largest absolute Gasteiger partial charge is 0.477 e. The SMILES string of the molecule is NC1C(=O)N2C(C(=O)O)=C(CSC(=O)c3ccco3)CS[C@H]12. The fourth-order valence-electron chi connectivity index (χ4n) is 2.31. The standard InChI is InChI=1S/C13H12N2O5S2/c14-8-10(16)15-9(12(17)18)6(4-21-11(8)15)5-22-13(19)7-2-1-3-20-7/h1-3,8,11H,4-5,14H2,(H,17,18)/t8?,11-/m1/s1. The number of hydrogen-bond acceptors (Lipinski definition) is 7. The lowest BCUT2D eigenvalue weighted by Gasteiger charge is -2.48. The molecule has 2 atom stereocenters. The molecule has 1 amide bonds. The van der Waals surface area contributed by atoms with E-state index >= 15 is 0 Å². The zero-order valence-electron chi connectivity index (χ0n) is 11.2. The van der Waals surface area contributed by atoms with Gasteiger partial charge in [0.2, 0.25) is 5.91 Å². The third kappa shape index (κ3) is 2.44. The van der Waals surface area contributed by atoms with Gasteiger partial charge in [-0.2, -0.15) is 0 Å². The summed E-state index contributed by atoms with van der Waals surface area (Å²) in [6, 6.07) is 2.50. The van der Waals surface area contributed by atoms with E-state index in [1.54, 1.807) is 12.1 Å². The molecule has 1 unspecified atom stereocenters. The summed E-state index contributed by atoms with van der Waals surface area (Å²) < 4.78 is 5.00. The number of carbonyl (C=O) groups is 3. The number of carbonyl (C=O) groups excluding carboxylic acids is 2. The number of nitrogens with two attached hydrogens (primary N) is 1. The van der Waals surface area contributed by atoms with Crippen LogP contribution in [0.3, 0.4) is 0 Å². The van der Waals surface area contributed by atoms with Crippen molar-refractivity contribution in [3.63, 3.8) is 0 Å². The van der Waals surface area contributed by atoms with Crippen molar-refractivity contribution in [3.8, 4) is 0 Å². The lowest BCUT2D eigenvalue weighted by molar-refractivity contribution is -0.147. The highest BCUT2D eigenvalue weighted by Gasteiger charge is 2.51. The van der Waals surface area contributed by atoms with Crippen LogP contribution < -0.4 is 5.73 Å². The Bertz CT molecular complexity index is 670. The number of fused-ring (bicyclic) bond motifs is 1. The Kier molecular flexibility index (Phi) is 4.02. The van der Waals surface area contributed by atoms with Gasteiger partial charge in [-0.15, -0.1) is 11.8 Å². The Labute approximate surface area is 133 Å². The minimum absolute atomic E-state index is 0.0461. The quantitative estimate of drug-likeness (QED) is 0.771. The number of thioether (sulfide) groups is 2. The highest BCUT2D eigenvalue weighted by Crippen LogP contribution is 2.40. The van der Waals surface area contributed by atoms with Gasteiger partial charge >= 0.3 is 5.97 Å². The number of carboxylic acids is 1. The van der Waals surface area contributed by atoms with E-state index in [4.69, 9.17) is 10.2 Å². The van der Waals surface area contributed by atoms with Gasteiger partial charge in [0.05, 0.1) is 6.26 Å². The summed E-state index contributed by atoms with van der Waals surface area (Å²) in [5.74, 6) is -0.728. The number of carboxylic acid groups (broad SMARTS) is 1. The van der Waals surface area contributed by atoms with Crippen LogP contribution in [-0.2, 0) is 9.59 Å². The van der Waals surface area contributed by atoms with E-state index in [1.165, 1.54) is 22.9 Å². The first-order valence-electron chi connectivity index (χ1n) is 6.37. The van der Waals surface area contributed by atoms with Gasteiger partial charge in [0.1, 0.15) is 17.1 Å². The fraction of sp³-hybridized carbons (Fsp3) is 0.308. The van der Waals surface area contributed by atoms with Crippen LogP contribution in [0.5, 0.6) is 0 Å². The van der Waals surface area contributed by atoms with E-state index in [2.05, 4.69) is 0 Å². The summed E-state index contributed by atoms with van der Waals surface area (Å²) in [4.78, 5) is 36.4. The molecule has 1 aromatic heterocycles. The van der Waals surface area contributed by atoms with E-state index in [0.29, 0.717) is 11.3 Å². The summed E-state index contributed by atoms with van der Waals surface area (Å²) in [5, 5.41) is 8.77. The molecule has 7 nitrogen and oxygen atoms in total. The van der Waals surface area contributed by atoms with E-state index in [-0.39, 0.29) is 27.7 Å². The topological polar surface area (TPSA) is 114 Å². The summed E-state index contributed by atoms with van der Waals surface area (Å²) in [7, 11) is 0. The predicted molar refractivity (Wildman–Crippen MR) is 81.2 cm³/mol. The molecule has 2 aliphatic heterocycles. The molecule has 0 aromatic carbocycles. The molecule has 116 valence electrons. The summed E-state index contributed by atoms with van der Waals surface area (Å²) in [6.45, 7) is 0. The second-order valence-corrected chi connectivity index (χ2v) is 6.80. The van der Waals surface area contributed by atoms with Crippen molar-refractivity contribution in [2.24, 2.45) is 5.73 Å². The van der Waals surface area contributed by atoms with Crippen molar-refractivity contribution >= 4 is 40.5 Å². The van der Waals surface area contributed by atoms with Crippen molar-refractivity contribution in [2.75, 3.05) is 11.5 Å². The van der Waals surface area contributed by atoms with E-state index in [9.17, 15) is 19.5 Å². The van der Waals surface area contributed by atoms with Gasteiger partial charge in [0.15, 0.2) is 5.76 Å². The molecule has 0 radical (unpaired) electrons. The van der Waals surface area contributed by atoms with Crippen molar-refractivity contribution in [1.29, 1.82) is 0 Å². The first-order valence-corrected chi connectivity index (χ1v) is 8.40. The van der Waals surface area contributed by atoms with Crippen LogP contribution in [0.4, 0.5) is 0 Å². The molecule has 1 fully saturated rings. The molecule has 0 bridgehead atoms. The monoisotopic (exact) mass is 340 g/mol. The van der Waals surface area contributed by atoms with Gasteiger partial charge < -0.3 is 15.3 Å². The van der Waals surface area contributed by atoms with Crippen LogP contribution >= 0.6 is 23.5 Å². The second-order valence-electron chi connectivity index (χ2n) is 4.75. The smallest absolute Gasteiger partial charge is 0.352 e. The lowest BCUT2D eigenvalue weighted by Crippen LogP contribution is -2.68. The van der Waals surface area contributed by atoms with E-state index < -0.39 is 17.9 Å². The van der Waals surface area contributed by atoms with Crippen LogP contribution in [0, 0.1) is 0 Å². The maximum atomic E-state index is 11.9. The summed E-state index contributed by atoms with van der Waals surface area (Å²) in [6.07, 6.45) is 1.40. The van der Waals surface area contributed by atoms with Crippen LogP contribution in [0.1, 0.15) is 10.6 Å². The number of rotatable bonds is 4. The molecule has 1 aromatic rings. The van der Waals surface area contributed by atoms with E-state index in [0.717, 1.165) is 11.8 Å². The minimum Gasteiger partial charge on any atom is -0.477 e. The molecule has 0 aliphatic carbocycles. The highest BCUT2D eigenvalue weighted by molar-refractivity contribution is 8.14. The Morgan fingerprint density at radius 3 is 2.95 bits per heavy atom. The van der Waals surface area contributed by atoms with Crippen LogP contribution in [0.15, 0.2) is 34.1 Å². The maximum absolute atomic E-state index is 11.9. The number of nitrogens with zero attached hydrogens (tertiary/aromatic N) is 1. The lowest BCUT2D eigenvalue weighted by atomic mass is 10.0. The molecule has 3 rings (SSSR count). The number of amides is 1. The highest BCUT2D eigenvalue weighted by atomic mass is 32.2. The molecule has 9 heteroatoms. The van der Waals surface area contributed by atoms with Crippen LogP contribution in [0.2, 0.25) is 0 Å². The molecule has 3 heterocycles.